The zero-order valence-electron chi connectivity index (χ0n) is 13.9. The lowest BCUT2D eigenvalue weighted by molar-refractivity contribution is -0.00517. The Kier molecular flexibility index (Phi) is 5.92. The fraction of sp³-hybridized carbons (Fsp3) is 0.667. The molecule has 21 heavy (non-hydrogen) atoms. The molecule has 0 radical (unpaired) electrons. The van der Waals surface area contributed by atoms with Crippen LogP contribution >= 0.6 is 0 Å². The van der Waals surface area contributed by atoms with E-state index >= 15 is 0 Å². The molecule has 3 heteroatoms. The van der Waals surface area contributed by atoms with E-state index in [-0.39, 0.29) is 0 Å². The number of anilines is 2. The largest absolute Gasteiger partial charge is 0.383 e. The van der Waals surface area contributed by atoms with Gasteiger partial charge in [-0.05, 0) is 31.9 Å². The topological polar surface area (TPSA) is 24.5 Å². The summed E-state index contributed by atoms with van der Waals surface area (Å²) in [6.07, 6.45) is 3.05. The minimum Gasteiger partial charge on any atom is -0.383 e. The van der Waals surface area contributed by atoms with E-state index in [0.29, 0.717) is 12.2 Å². The minimum absolute atomic E-state index is 0.292. The number of para-hydroxylation sites is 2. The molecule has 2 unspecified atom stereocenters. The highest BCUT2D eigenvalue weighted by atomic mass is 16.5. The third-order valence-corrected chi connectivity index (χ3v) is 4.40. The van der Waals surface area contributed by atoms with Crippen molar-refractivity contribution in [1.29, 1.82) is 0 Å². The van der Waals surface area contributed by atoms with Crippen molar-refractivity contribution < 1.29 is 4.74 Å². The first-order chi connectivity index (χ1) is 10.1. The number of nitrogens with zero attached hydrogens (tertiary/aromatic N) is 1. The second-order valence-corrected chi connectivity index (χ2v) is 6.24. The van der Waals surface area contributed by atoms with Crippen LogP contribution in [0.2, 0.25) is 0 Å². The molecule has 1 N–H and O–H groups in total. The van der Waals surface area contributed by atoms with Gasteiger partial charge in [0, 0.05) is 19.6 Å². The molecule has 2 atom stereocenters. The molecule has 2 rings (SSSR count). The van der Waals surface area contributed by atoms with Crippen molar-refractivity contribution in [3.8, 4) is 0 Å². The zero-order chi connectivity index (χ0) is 15.2. The molecule has 0 bridgehead atoms. The van der Waals surface area contributed by atoms with E-state index in [4.69, 9.17) is 4.74 Å². The summed E-state index contributed by atoms with van der Waals surface area (Å²) in [7, 11) is 0. The monoisotopic (exact) mass is 290 g/mol. The second-order valence-electron chi connectivity index (χ2n) is 6.24. The molecule has 1 saturated heterocycles. The number of hydrogen-bond acceptors (Lipinski definition) is 3. The lowest BCUT2D eigenvalue weighted by Crippen LogP contribution is -2.45. The molecule has 1 heterocycles. The van der Waals surface area contributed by atoms with Gasteiger partial charge in [0.1, 0.15) is 0 Å². The molecule has 1 fully saturated rings. The van der Waals surface area contributed by atoms with Crippen LogP contribution in [-0.4, -0.2) is 31.8 Å². The average molecular weight is 290 g/mol. The third kappa shape index (κ3) is 4.37. The maximum Gasteiger partial charge on any atom is 0.0726 e. The normalized spacial score (nSPS) is 22.6. The van der Waals surface area contributed by atoms with Crippen molar-refractivity contribution in [1.82, 2.24) is 0 Å². The van der Waals surface area contributed by atoms with Gasteiger partial charge in [0.05, 0.1) is 23.6 Å². The van der Waals surface area contributed by atoms with Crippen LogP contribution in [0.15, 0.2) is 24.3 Å². The van der Waals surface area contributed by atoms with Crippen molar-refractivity contribution in [3.05, 3.63) is 24.3 Å². The van der Waals surface area contributed by atoms with Crippen LogP contribution in [-0.2, 0) is 4.74 Å². The van der Waals surface area contributed by atoms with Gasteiger partial charge in [-0.3, -0.25) is 0 Å². The SMILES string of the molecule is CCC(CC)CNc1ccccc1N1CC(C)OC(C)C1. The molecule has 0 aromatic heterocycles. The number of rotatable bonds is 6. The van der Waals surface area contributed by atoms with Gasteiger partial charge in [-0.15, -0.1) is 0 Å². The second kappa shape index (κ2) is 7.69. The van der Waals surface area contributed by atoms with Gasteiger partial charge in [0.2, 0.25) is 0 Å². The van der Waals surface area contributed by atoms with Gasteiger partial charge >= 0.3 is 0 Å². The van der Waals surface area contributed by atoms with Crippen LogP contribution in [0.3, 0.4) is 0 Å². The summed E-state index contributed by atoms with van der Waals surface area (Å²) in [5.41, 5.74) is 2.57. The molecule has 0 saturated carbocycles. The highest BCUT2D eigenvalue weighted by molar-refractivity contribution is 5.70. The van der Waals surface area contributed by atoms with E-state index in [1.54, 1.807) is 0 Å². The van der Waals surface area contributed by atoms with E-state index in [9.17, 15) is 0 Å². The predicted octanol–water partition coefficient (Wildman–Crippen LogP) is 4.15. The van der Waals surface area contributed by atoms with Gasteiger partial charge in [-0.2, -0.15) is 0 Å². The Balaban J connectivity index is 2.09. The predicted molar refractivity (Wildman–Crippen MR) is 91.2 cm³/mol. The summed E-state index contributed by atoms with van der Waals surface area (Å²) >= 11 is 0. The lowest BCUT2D eigenvalue weighted by Gasteiger charge is -2.38. The molecule has 3 nitrogen and oxygen atoms in total. The van der Waals surface area contributed by atoms with E-state index in [1.807, 2.05) is 0 Å². The Morgan fingerprint density at radius 2 is 1.76 bits per heavy atom. The van der Waals surface area contributed by atoms with Crippen molar-refractivity contribution in [2.45, 2.75) is 52.7 Å². The van der Waals surface area contributed by atoms with Gasteiger partial charge in [0.15, 0.2) is 0 Å². The van der Waals surface area contributed by atoms with Gasteiger partial charge in [0.25, 0.3) is 0 Å². The van der Waals surface area contributed by atoms with E-state index < -0.39 is 0 Å². The quantitative estimate of drug-likeness (QED) is 0.852. The first-order valence-electron chi connectivity index (χ1n) is 8.37. The highest BCUT2D eigenvalue weighted by Gasteiger charge is 2.23. The Morgan fingerprint density at radius 3 is 2.38 bits per heavy atom. The summed E-state index contributed by atoms with van der Waals surface area (Å²) in [6.45, 7) is 11.8. The molecule has 118 valence electrons. The van der Waals surface area contributed by atoms with Crippen LogP contribution in [0.25, 0.3) is 0 Å². The maximum absolute atomic E-state index is 5.85. The van der Waals surface area contributed by atoms with Crippen LogP contribution in [0.4, 0.5) is 11.4 Å². The van der Waals surface area contributed by atoms with Crippen molar-refractivity contribution in [2.75, 3.05) is 29.9 Å². The summed E-state index contributed by atoms with van der Waals surface area (Å²) in [5, 5.41) is 3.66. The smallest absolute Gasteiger partial charge is 0.0726 e. The number of morpholine rings is 1. The highest BCUT2D eigenvalue weighted by Crippen LogP contribution is 2.28. The number of benzene rings is 1. The summed E-state index contributed by atoms with van der Waals surface area (Å²) in [4.78, 5) is 2.45. The standard InChI is InChI=1S/C18H30N2O/c1-5-16(6-2)11-19-17-9-7-8-10-18(17)20-12-14(3)21-15(4)13-20/h7-10,14-16,19H,5-6,11-13H2,1-4H3. The first kappa shape index (κ1) is 16.2. The number of ether oxygens (including phenoxy) is 1. The Hall–Kier alpha value is -1.22. The molecule has 1 aromatic carbocycles. The van der Waals surface area contributed by atoms with Gasteiger partial charge < -0.3 is 15.0 Å². The molecular weight excluding hydrogens is 260 g/mol. The lowest BCUT2D eigenvalue weighted by atomic mass is 10.0. The number of nitrogens with one attached hydrogen (secondary N) is 1. The van der Waals surface area contributed by atoms with Crippen LogP contribution in [0.5, 0.6) is 0 Å². The third-order valence-electron chi connectivity index (χ3n) is 4.40. The summed E-state index contributed by atoms with van der Waals surface area (Å²) in [6, 6.07) is 8.66. The Labute approximate surface area is 129 Å². The average Bonchev–Trinajstić information content (AvgIpc) is 2.47. The summed E-state index contributed by atoms with van der Waals surface area (Å²) in [5.74, 6) is 0.751. The molecule has 0 spiro atoms. The van der Waals surface area contributed by atoms with Crippen molar-refractivity contribution in [2.24, 2.45) is 5.92 Å². The van der Waals surface area contributed by atoms with E-state index in [2.05, 4.69) is 62.2 Å². The van der Waals surface area contributed by atoms with E-state index in [1.165, 1.54) is 24.2 Å². The number of hydrogen-bond donors (Lipinski definition) is 1. The maximum atomic E-state index is 5.85. The molecule has 0 aliphatic carbocycles. The molecule has 1 aliphatic rings. The Morgan fingerprint density at radius 1 is 1.14 bits per heavy atom. The Bertz CT molecular complexity index is 421. The van der Waals surface area contributed by atoms with Crippen molar-refractivity contribution >= 4 is 11.4 Å². The summed E-state index contributed by atoms with van der Waals surface area (Å²) < 4.78 is 5.85. The van der Waals surface area contributed by atoms with Gasteiger partial charge in [-0.25, -0.2) is 0 Å². The molecule has 1 aromatic rings. The van der Waals surface area contributed by atoms with Gasteiger partial charge in [-0.1, -0.05) is 38.8 Å². The first-order valence-corrected chi connectivity index (χ1v) is 8.37. The van der Waals surface area contributed by atoms with Crippen LogP contribution in [0.1, 0.15) is 40.5 Å². The minimum atomic E-state index is 0.292. The van der Waals surface area contributed by atoms with E-state index in [0.717, 1.165) is 25.6 Å². The molecular formula is C18H30N2O. The van der Waals surface area contributed by atoms with Crippen molar-refractivity contribution in [3.63, 3.8) is 0 Å². The fourth-order valence-corrected chi connectivity index (χ4v) is 3.11. The fourth-order valence-electron chi connectivity index (χ4n) is 3.11. The zero-order valence-corrected chi connectivity index (χ0v) is 13.9. The molecule has 0 amide bonds. The van der Waals surface area contributed by atoms with Crippen LogP contribution in [0, 0.1) is 5.92 Å². The molecule has 1 aliphatic heterocycles. The van der Waals surface area contributed by atoms with Crippen LogP contribution < -0.4 is 10.2 Å².